The Morgan fingerprint density at radius 2 is 0.920 bits per heavy atom. The first-order valence-corrected chi connectivity index (χ1v) is 26.7. The topological polar surface area (TPSA) is 0 Å². The molecule has 6 aromatic rings. The van der Waals surface area contributed by atoms with Crippen molar-refractivity contribution in [3.8, 4) is 22.3 Å². The number of hydrogen-bond donors (Lipinski definition) is 0. The number of hydrogen-bond acceptors (Lipinski definition) is 0. The summed E-state index contributed by atoms with van der Waals surface area (Å²) in [5.41, 5.74) is 11.5. The number of benzene rings is 4. The predicted molar refractivity (Wildman–Crippen MR) is 225 cm³/mol. The van der Waals surface area contributed by atoms with Gasteiger partial charge >= 0.3 is 37.9 Å². The van der Waals surface area contributed by atoms with Crippen molar-refractivity contribution in [1.29, 1.82) is 0 Å². The molecule has 0 bridgehead atoms. The molecule has 0 saturated heterocycles. The number of halogens is 2. The van der Waals surface area contributed by atoms with Gasteiger partial charge in [0, 0.05) is 9.52 Å². The molecular weight excluding hydrogens is 743 g/mol. The molecule has 0 aliphatic heterocycles. The van der Waals surface area contributed by atoms with Crippen LogP contribution in [0.4, 0.5) is 0 Å². The molecular formula is C46H56Cl2SiZr. The molecule has 4 heteroatoms. The summed E-state index contributed by atoms with van der Waals surface area (Å²) in [5.74, 6) is 1.17. The second-order valence-corrected chi connectivity index (χ2v) is 17.9. The van der Waals surface area contributed by atoms with E-state index in [-0.39, 0.29) is 0 Å². The molecule has 0 nitrogen and oxygen atoms in total. The van der Waals surface area contributed by atoms with Gasteiger partial charge in [0.15, 0.2) is 0 Å². The first-order valence-electron chi connectivity index (χ1n) is 18.4. The summed E-state index contributed by atoms with van der Waals surface area (Å²) in [6, 6.07) is 40.6. The fraction of sp³-hybridized carbons (Fsp3) is 0.348. The summed E-state index contributed by atoms with van der Waals surface area (Å²) in [5, 5.41) is 5.61. The van der Waals surface area contributed by atoms with Crippen molar-refractivity contribution in [2.24, 2.45) is 0 Å². The van der Waals surface area contributed by atoms with Gasteiger partial charge in [-0.2, -0.15) is 12.1 Å². The molecule has 0 saturated carbocycles. The van der Waals surface area contributed by atoms with Gasteiger partial charge in [0.05, 0.1) is 0 Å². The molecule has 0 aliphatic carbocycles. The fourth-order valence-electron chi connectivity index (χ4n) is 6.70. The van der Waals surface area contributed by atoms with E-state index in [1.165, 1.54) is 105 Å². The molecule has 0 aliphatic rings. The third-order valence-electron chi connectivity index (χ3n) is 9.45. The molecule has 6 rings (SSSR count). The zero-order valence-electron chi connectivity index (χ0n) is 31.5. The van der Waals surface area contributed by atoms with Gasteiger partial charge in [0.2, 0.25) is 0 Å². The van der Waals surface area contributed by atoms with E-state index in [4.69, 9.17) is 17.0 Å². The first kappa shape index (κ1) is 42.2. The first-order chi connectivity index (χ1) is 24.3. The van der Waals surface area contributed by atoms with E-state index >= 15 is 0 Å². The zero-order valence-corrected chi connectivity index (χ0v) is 36.5. The third kappa shape index (κ3) is 11.4. The van der Waals surface area contributed by atoms with Crippen LogP contribution in [-0.2, 0) is 33.7 Å². The quantitative estimate of drug-likeness (QED) is 0.0956. The van der Waals surface area contributed by atoms with Crippen molar-refractivity contribution < 1.29 is 20.8 Å². The van der Waals surface area contributed by atoms with Crippen LogP contribution >= 0.6 is 17.0 Å². The normalized spacial score (nSPS) is 11.7. The number of rotatable bonds is 10. The standard InChI is InChI=1S/2C22H25.C2H6Si.2ClH.Zr/c2*1-4-9-17-14-19-12-13-20(16(3)5-2)22(21(19)15-17)18-10-7-6-8-11-18;1-3-2;;;/h2*6-8,10-16H,4-5,9H2,1-3H3;1-2H3;2*1H;/q2*-1;;;;+4/p-2. The zero-order chi connectivity index (χ0) is 36.5. The van der Waals surface area contributed by atoms with Crippen molar-refractivity contribution in [3.63, 3.8) is 0 Å². The maximum atomic E-state index is 4.93. The molecule has 6 aromatic carbocycles. The Morgan fingerprint density at radius 3 is 1.22 bits per heavy atom. The van der Waals surface area contributed by atoms with Crippen LogP contribution in [0, 0.1) is 0 Å². The Kier molecular flexibility index (Phi) is 19.1. The Hall–Kier alpha value is -2.22. The predicted octanol–water partition coefficient (Wildman–Crippen LogP) is 15.5. The van der Waals surface area contributed by atoms with E-state index in [0.717, 1.165) is 9.52 Å². The van der Waals surface area contributed by atoms with Crippen LogP contribution in [0.25, 0.3) is 43.8 Å². The summed E-state index contributed by atoms with van der Waals surface area (Å²) in [6.45, 7) is 18.0. The number of aryl methyl sites for hydroxylation is 2. The van der Waals surface area contributed by atoms with Gasteiger partial charge in [-0.25, -0.2) is 0 Å². The summed E-state index contributed by atoms with van der Waals surface area (Å²) >= 11 is -0.826. The fourth-order valence-corrected chi connectivity index (χ4v) is 6.70. The molecule has 2 unspecified atom stereocenters. The molecule has 0 spiro atoms. The Morgan fingerprint density at radius 1 is 0.580 bits per heavy atom. The molecule has 0 amide bonds. The summed E-state index contributed by atoms with van der Waals surface area (Å²) < 4.78 is 0. The van der Waals surface area contributed by atoms with Crippen LogP contribution in [0.15, 0.2) is 109 Å². The third-order valence-corrected chi connectivity index (χ3v) is 9.45. The van der Waals surface area contributed by atoms with Crippen LogP contribution in [-0.4, -0.2) is 9.52 Å². The van der Waals surface area contributed by atoms with E-state index in [1.54, 1.807) is 0 Å². The Balaban J connectivity index is 0.000000234. The molecule has 0 aromatic heterocycles. The van der Waals surface area contributed by atoms with Gasteiger partial charge in [-0.1, -0.05) is 150 Å². The van der Waals surface area contributed by atoms with Gasteiger partial charge < -0.3 is 0 Å². The van der Waals surface area contributed by atoms with E-state index in [2.05, 4.69) is 164 Å². The Bertz CT molecular complexity index is 1680. The van der Waals surface area contributed by atoms with Gasteiger partial charge in [0.25, 0.3) is 0 Å². The second kappa shape index (κ2) is 22.7. The van der Waals surface area contributed by atoms with E-state index in [9.17, 15) is 0 Å². The van der Waals surface area contributed by atoms with Crippen LogP contribution in [0.1, 0.15) is 101 Å². The van der Waals surface area contributed by atoms with Gasteiger partial charge in [-0.15, -0.1) is 69.1 Å². The van der Waals surface area contributed by atoms with Crippen LogP contribution in [0.5, 0.6) is 0 Å². The van der Waals surface area contributed by atoms with Gasteiger partial charge in [-0.05, 0) is 48.6 Å². The average molecular weight is 799 g/mol. The van der Waals surface area contributed by atoms with Crippen molar-refractivity contribution in [2.45, 2.75) is 105 Å². The summed E-state index contributed by atoms with van der Waals surface area (Å²) in [7, 11) is 11.0. The van der Waals surface area contributed by atoms with Gasteiger partial charge in [-0.3, -0.25) is 0 Å². The molecule has 0 N–H and O–H groups in total. The second-order valence-electron chi connectivity index (χ2n) is 13.2. The molecule has 0 fully saturated rings. The van der Waals surface area contributed by atoms with Crippen LogP contribution < -0.4 is 0 Å². The molecule has 50 heavy (non-hydrogen) atoms. The SMILES string of the molecule is CCCc1cc2c(-c3ccccc3)c(C(C)CC)ccc2[cH-]1.CCCc1cc2c(-c3ccccc3)c(C(C)CC)ccc2[cH-]1.C[Si]C.[Cl][Zr+2][Cl]. The minimum atomic E-state index is -0.826. The minimum absolute atomic E-state index is 0.587. The van der Waals surface area contributed by atoms with E-state index in [1.807, 2.05) is 0 Å². The van der Waals surface area contributed by atoms with Crippen LogP contribution in [0.2, 0.25) is 13.1 Å². The van der Waals surface area contributed by atoms with E-state index in [0.29, 0.717) is 11.8 Å². The average Bonchev–Trinajstić information content (AvgIpc) is 3.75. The van der Waals surface area contributed by atoms with Crippen molar-refractivity contribution in [3.05, 3.63) is 131 Å². The molecule has 0 heterocycles. The summed E-state index contributed by atoms with van der Waals surface area (Å²) in [6.07, 6.45) is 7.09. The summed E-state index contributed by atoms with van der Waals surface area (Å²) in [4.78, 5) is 0. The van der Waals surface area contributed by atoms with Crippen molar-refractivity contribution >= 4 is 48.1 Å². The number of fused-ring (bicyclic) bond motifs is 2. The van der Waals surface area contributed by atoms with Crippen LogP contribution in [0.3, 0.4) is 0 Å². The van der Waals surface area contributed by atoms with Gasteiger partial charge in [0.1, 0.15) is 0 Å². The monoisotopic (exact) mass is 796 g/mol. The van der Waals surface area contributed by atoms with Crippen molar-refractivity contribution in [1.82, 2.24) is 0 Å². The van der Waals surface area contributed by atoms with Crippen molar-refractivity contribution in [2.75, 3.05) is 0 Å². The molecule has 2 radical (unpaired) electrons. The maximum absolute atomic E-state index is 4.93. The van der Waals surface area contributed by atoms with E-state index < -0.39 is 20.8 Å². The Labute approximate surface area is 325 Å². The molecule has 262 valence electrons. The molecule has 2 atom stereocenters.